The summed E-state index contributed by atoms with van der Waals surface area (Å²) in [5.41, 5.74) is 0.852. The Kier molecular flexibility index (Phi) is 7.66. The van der Waals surface area contributed by atoms with Gasteiger partial charge in [0.2, 0.25) is 10.0 Å². The Labute approximate surface area is 194 Å². The van der Waals surface area contributed by atoms with Crippen LogP contribution in [0, 0.1) is 0 Å². The van der Waals surface area contributed by atoms with Crippen molar-refractivity contribution in [3.8, 4) is 17.2 Å². The molecule has 1 N–H and O–H groups in total. The van der Waals surface area contributed by atoms with Crippen LogP contribution in [0.25, 0.3) is 0 Å². The molecule has 1 heterocycles. The summed E-state index contributed by atoms with van der Waals surface area (Å²) in [6, 6.07) is 7.86. The van der Waals surface area contributed by atoms with Crippen LogP contribution in [-0.4, -0.2) is 43.6 Å². The first-order chi connectivity index (χ1) is 14.8. The van der Waals surface area contributed by atoms with Crippen molar-refractivity contribution in [2.45, 2.75) is 17.9 Å². The van der Waals surface area contributed by atoms with E-state index in [0.717, 1.165) is 5.56 Å². The molecule has 7 nitrogen and oxygen atoms in total. The summed E-state index contributed by atoms with van der Waals surface area (Å²) < 4.78 is 38.6. The number of phenols is 1. The maximum Gasteiger partial charge on any atom is 0.247 e. The molecule has 0 atom stereocenters. The molecule has 0 bridgehead atoms. The van der Waals surface area contributed by atoms with Crippen molar-refractivity contribution in [1.82, 2.24) is 9.29 Å². The first-order valence-corrected chi connectivity index (χ1v) is 12.1. The molecule has 0 amide bonds. The van der Waals surface area contributed by atoms with Gasteiger partial charge in [-0.1, -0.05) is 29.3 Å². The minimum absolute atomic E-state index is 0.0386. The molecule has 0 radical (unpaired) electrons. The van der Waals surface area contributed by atoms with Crippen LogP contribution < -0.4 is 9.47 Å². The van der Waals surface area contributed by atoms with Gasteiger partial charge in [-0.2, -0.15) is 4.31 Å². The Hall–Kier alpha value is -2.04. The second-order valence-electron chi connectivity index (χ2n) is 6.44. The highest BCUT2D eigenvalue weighted by Crippen LogP contribution is 2.36. The number of aromatic nitrogens is 1. The maximum absolute atomic E-state index is 13.4. The van der Waals surface area contributed by atoms with Crippen LogP contribution in [-0.2, 0) is 23.0 Å². The lowest BCUT2D eigenvalue weighted by Gasteiger charge is -2.22. The fourth-order valence-corrected chi connectivity index (χ4v) is 5.79. The van der Waals surface area contributed by atoms with Gasteiger partial charge in [0.05, 0.1) is 25.8 Å². The maximum atomic E-state index is 13.4. The van der Waals surface area contributed by atoms with Crippen molar-refractivity contribution >= 4 is 44.6 Å². The number of benzene rings is 2. The number of rotatable bonds is 9. The molecule has 3 rings (SSSR count). The highest BCUT2D eigenvalue weighted by Gasteiger charge is 2.29. The molecule has 0 aliphatic carbocycles. The Bertz CT molecular complexity index is 1150. The summed E-state index contributed by atoms with van der Waals surface area (Å²) in [6.45, 7) is 0.165. The third-order valence-corrected chi connectivity index (χ3v) is 7.63. The quantitative estimate of drug-likeness (QED) is 0.459. The van der Waals surface area contributed by atoms with Crippen LogP contribution in [0.15, 0.2) is 46.8 Å². The van der Waals surface area contributed by atoms with Gasteiger partial charge in [0.25, 0.3) is 0 Å². The van der Waals surface area contributed by atoms with Crippen LogP contribution in [0.3, 0.4) is 0 Å². The molecule has 0 aliphatic heterocycles. The molecular weight excluding hydrogens is 483 g/mol. The lowest BCUT2D eigenvalue weighted by Crippen LogP contribution is -2.32. The molecule has 0 aliphatic rings. The van der Waals surface area contributed by atoms with E-state index in [2.05, 4.69) is 4.98 Å². The number of thiazole rings is 1. The number of hydrogen-bond donors (Lipinski definition) is 1. The molecule has 0 fully saturated rings. The van der Waals surface area contributed by atoms with E-state index in [1.807, 2.05) is 6.07 Å². The Balaban J connectivity index is 1.94. The van der Waals surface area contributed by atoms with Gasteiger partial charge in [-0.05, 0) is 36.2 Å². The number of hydrogen-bond acceptors (Lipinski definition) is 7. The van der Waals surface area contributed by atoms with E-state index >= 15 is 0 Å². The SMILES string of the molecule is COc1ccc(CCN(Cc2nccs2)S(=O)(=O)c2cc(Cl)cc(Cl)c2O)cc1OC. The summed E-state index contributed by atoms with van der Waals surface area (Å²) in [5.74, 6) is 0.590. The highest BCUT2D eigenvalue weighted by molar-refractivity contribution is 7.89. The van der Waals surface area contributed by atoms with Gasteiger partial charge in [-0.15, -0.1) is 11.3 Å². The lowest BCUT2D eigenvalue weighted by molar-refractivity contribution is 0.354. The van der Waals surface area contributed by atoms with E-state index in [1.165, 1.54) is 34.9 Å². The van der Waals surface area contributed by atoms with E-state index < -0.39 is 15.8 Å². The van der Waals surface area contributed by atoms with E-state index in [1.54, 1.807) is 30.8 Å². The zero-order valence-electron chi connectivity index (χ0n) is 16.7. The fraction of sp³-hybridized carbons (Fsp3) is 0.250. The van der Waals surface area contributed by atoms with Crippen molar-refractivity contribution in [2.75, 3.05) is 20.8 Å². The highest BCUT2D eigenvalue weighted by atomic mass is 35.5. The van der Waals surface area contributed by atoms with Crippen molar-refractivity contribution in [1.29, 1.82) is 0 Å². The predicted octanol–water partition coefficient (Wildman–Crippen LogP) is 4.61. The van der Waals surface area contributed by atoms with Crippen LogP contribution in [0.5, 0.6) is 17.2 Å². The van der Waals surface area contributed by atoms with Crippen LogP contribution in [0.4, 0.5) is 0 Å². The van der Waals surface area contributed by atoms with Crippen molar-refractivity contribution < 1.29 is 23.0 Å². The van der Waals surface area contributed by atoms with Crippen molar-refractivity contribution in [3.05, 3.63) is 62.5 Å². The summed E-state index contributed by atoms with van der Waals surface area (Å²) >= 11 is 13.3. The second-order valence-corrected chi connectivity index (χ2v) is 10.2. The summed E-state index contributed by atoms with van der Waals surface area (Å²) in [5, 5.41) is 12.7. The monoisotopic (exact) mass is 502 g/mol. The van der Waals surface area contributed by atoms with Gasteiger partial charge in [0.1, 0.15) is 9.90 Å². The van der Waals surface area contributed by atoms with Crippen LogP contribution >= 0.6 is 34.5 Å². The minimum Gasteiger partial charge on any atom is -0.505 e. The average Bonchev–Trinajstić information content (AvgIpc) is 3.26. The first kappa shape index (κ1) is 23.6. The summed E-state index contributed by atoms with van der Waals surface area (Å²) in [6.07, 6.45) is 1.99. The number of methoxy groups -OCH3 is 2. The van der Waals surface area contributed by atoms with Gasteiger partial charge in [0.15, 0.2) is 17.2 Å². The molecule has 1 aromatic heterocycles. The van der Waals surface area contributed by atoms with Gasteiger partial charge < -0.3 is 14.6 Å². The van der Waals surface area contributed by atoms with Crippen molar-refractivity contribution in [2.24, 2.45) is 0 Å². The standard InChI is InChI=1S/C20H20Cl2N2O5S2/c1-28-16-4-3-13(9-17(16)29-2)5-7-24(12-19-23-6-8-30-19)31(26,27)18-11-14(21)10-15(22)20(18)25/h3-4,6,8-11,25H,5,7,12H2,1-2H3. The third kappa shape index (κ3) is 5.42. The van der Waals surface area contributed by atoms with Gasteiger partial charge in [0, 0.05) is 23.1 Å². The zero-order chi connectivity index (χ0) is 22.6. The number of phenolic OH excluding ortho intramolecular Hbond substituents is 1. The average molecular weight is 503 g/mol. The molecule has 0 saturated carbocycles. The van der Waals surface area contributed by atoms with Gasteiger partial charge in [-0.3, -0.25) is 0 Å². The van der Waals surface area contributed by atoms with E-state index in [-0.39, 0.29) is 28.0 Å². The largest absolute Gasteiger partial charge is 0.505 e. The normalized spacial score (nSPS) is 11.6. The first-order valence-electron chi connectivity index (χ1n) is 9.03. The molecule has 11 heteroatoms. The van der Waals surface area contributed by atoms with Gasteiger partial charge >= 0.3 is 0 Å². The molecule has 166 valence electrons. The molecule has 0 saturated heterocycles. The second kappa shape index (κ2) is 10.1. The van der Waals surface area contributed by atoms with Crippen LogP contribution in [0.1, 0.15) is 10.6 Å². The molecule has 0 unspecified atom stereocenters. The zero-order valence-corrected chi connectivity index (χ0v) is 19.9. The molecule has 2 aromatic carbocycles. The lowest BCUT2D eigenvalue weighted by atomic mass is 10.1. The molecular formula is C20H20Cl2N2O5S2. The molecule has 31 heavy (non-hydrogen) atoms. The molecule has 3 aromatic rings. The smallest absolute Gasteiger partial charge is 0.247 e. The predicted molar refractivity (Wildman–Crippen MR) is 121 cm³/mol. The van der Waals surface area contributed by atoms with E-state index in [9.17, 15) is 13.5 Å². The summed E-state index contributed by atoms with van der Waals surface area (Å²) in [7, 11) is -1.05. The fourth-order valence-electron chi connectivity index (χ4n) is 2.93. The van der Waals surface area contributed by atoms with Gasteiger partial charge in [-0.25, -0.2) is 13.4 Å². The molecule has 0 spiro atoms. The number of ether oxygens (including phenoxy) is 2. The Morgan fingerprint density at radius 2 is 1.87 bits per heavy atom. The number of halogens is 2. The number of aromatic hydroxyl groups is 1. The van der Waals surface area contributed by atoms with E-state index in [4.69, 9.17) is 32.7 Å². The minimum atomic E-state index is -4.13. The van der Waals surface area contributed by atoms with E-state index in [0.29, 0.717) is 22.9 Å². The number of sulfonamides is 1. The Morgan fingerprint density at radius 1 is 1.13 bits per heavy atom. The number of nitrogens with zero attached hydrogens (tertiary/aromatic N) is 2. The third-order valence-electron chi connectivity index (χ3n) is 4.50. The summed E-state index contributed by atoms with van der Waals surface area (Å²) in [4.78, 5) is 3.83. The Morgan fingerprint density at radius 3 is 2.52 bits per heavy atom. The van der Waals surface area contributed by atoms with Crippen LogP contribution in [0.2, 0.25) is 10.0 Å². The van der Waals surface area contributed by atoms with Crippen molar-refractivity contribution in [3.63, 3.8) is 0 Å². The topological polar surface area (TPSA) is 89.0 Å².